The molecule has 5 heteroatoms. The summed E-state index contributed by atoms with van der Waals surface area (Å²) in [6.07, 6.45) is 3.79. The van der Waals surface area contributed by atoms with E-state index in [4.69, 9.17) is 4.74 Å². The molecule has 1 fully saturated rings. The van der Waals surface area contributed by atoms with Crippen molar-refractivity contribution in [2.45, 2.75) is 44.3 Å². The van der Waals surface area contributed by atoms with Gasteiger partial charge in [0.25, 0.3) is 0 Å². The molecule has 0 spiro atoms. The minimum Gasteiger partial charge on any atom is -0.496 e. The monoisotopic (exact) mass is 448 g/mol. The van der Waals surface area contributed by atoms with Crippen molar-refractivity contribution in [1.82, 2.24) is 10.2 Å². The van der Waals surface area contributed by atoms with Gasteiger partial charge in [-0.05, 0) is 55.4 Å². The van der Waals surface area contributed by atoms with Crippen molar-refractivity contribution in [3.63, 3.8) is 0 Å². The molecule has 2 aromatic carbocycles. The molecule has 2 atom stereocenters. The number of piperidine rings is 1. The number of methoxy groups -OCH3 is 1. The lowest BCUT2D eigenvalue weighted by molar-refractivity contribution is 0.0932. The third-order valence-electron chi connectivity index (χ3n) is 6.27. The van der Waals surface area contributed by atoms with E-state index in [-0.39, 0.29) is 5.78 Å². The van der Waals surface area contributed by atoms with Crippen LogP contribution < -0.4 is 10.1 Å². The summed E-state index contributed by atoms with van der Waals surface area (Å²) in [5, 5.41) is 5.80. The Labute approximate surface area is 195 Å². The van der Waals surface area contributed by atoms with Crippen LogP contribution in [-0.2, 0) is 6.54 Å². The number of Topliss-reactive ketones (excluding diaryl/α,β-unsaturated/α-hetero) is 1. The van der Waals surface area contributed by atoms with E-state index in [2.05, 4.69) is 52.7 Å². The highest BCUT2D eigenvalue weighted by Crippen LogP contribution is 2.32. The van der Waals surface area contributed by atoms with Crippen molar-refractivity contribution < 1.29 is 9.53 Å². The molecular weight excluding hydrogens is 416 g/mol. The van der Waals surface area contributed by atoms with Crippen LogP contribution >= 0.6 is 11.3 Å². The number of para-hydroxylation sites is 1. The molecule has 0 unspecified atom stereocenters. The molecule has 32 heavy (non-hydrogen) atoms. The fourth-order valence-corrected chi connectivity index (χ4v) is 5.41. The van der Waals surface area contributed by atoms with E-state index >= 15 is 0 Å². The van der Waals surface area contributed by atoms with Crippen molar-refractivity contribution in [2.75, 3.05) is 20.2 Å². The zero-order valence-corrected chi connectivity index (χ0v) is 19.5. The van der Waals surface area contributed by atoms with Crippen LogP contribution in [0.25, 0.3) is 0 Å². The van der Waals surface area contributed by atoms with E-state index in [0.29, 0.717) is 18.5 Å². The summed E-state index contributed by atoms with van der Waals surface area (Å²) in [7, 11) is 1.73. The third-order valence-corrected chi connectivity index (χ3v) is 7.18. The van der Waals surface area contributed by atoms with Crippen LogP contribution in [-0.4, -0.2) is 36.9 Å². The highest BCUT2D eigenvalue weighted by molar-refractivity contribution is 7.12. The van der Waals surface area contributed by atoms with Crippen LogP contribution in [0.5, 0.6) is 5.75 Å². The number of hydrogen-bond donors (Lipinski definition) is 1. The molecule has 0 bridgehead atoms. The number of thiophene rings is 1. The molecule has 1 saturated heterocycles. The van der Waals surface area contributed by atoms with Gasteiger partial charge in [-0.2, -0.15) is 0 Å². The molecule has 4 nitrogen and oxygen atoms in total. The number of hydrogen-bond acceptors (Lipinski definition) is 5. The minimum atomic E-state index is 0.263. The number of ketones is 1. The Balaban J connectivity index is 1.44. The van der Waals surface area contributed by atoms with E-state index in [1.807, 2.05) is 29.6 Å². The molecular formula is C27H32N2O2S. The topological polar surface area (TPSA) is 41.6 Å². The molecule has 1 aromatic heterocycles. The van der Waals surface area contributed by atoms with E-state index < -0.39 is 0 Å². The largest absolute Gasteiger partial charge is 0.496 e. The van der Waals surface area contributed by atoms with Crippen LogP contribution in [0.3, 0.4) is 0 Å². The van der Waals surface area contributed by atoms with Gasteiger partial charge in [0, 0.05) is 24.6 Å². The highest BCUT2D eigenvalue weighted by atomic mass is 32.1. The quantitative estimate of drug-likeness (QED) is 0.403. The van der Waals surface area contributed by atoms with Gasteiger partial charge in [-0.3, -0.25) is 9.69 Å². The van der Waals surface area contributed by atoms with E-state index in [1.54, 1.807) is 7.11 Å². The average molecular weight is 449 g/mol. The first-order valence-corrected chi connectivity index (χ1v) is 12.3. The summed E-state index contributed by atoms with van der Waals surface area (Å²) in [6, 6.07) is 23.5. The predicted octanol–water partition coefficient (Wildman–Crippen LogP) is 5.72. The number of rotatable bonds is 10. The zero-order valence-electron chi connectivity index (χ0n) is 18.7. The molecule has 168 valence electrons. The first-order chi connectivity index (χ1) is 15.8. The molecule has 0 amide bonds. The maximum absolute atomic E-state index is 12.5. The molecule has 0 saturated carbocycles. The van der Waals surface area contributed by atoms with Crippen LogP contribution in [0.2, 0.25) is 0 Å². The summed E-state index contributed by atoms with van der Waals surface area (Å²) in [4.78, 5) is 15.9. The van der Waals surface area contributed by atoms with Gasteiger partial charge in [0.15, 0.2) is 5.78 Å². The van der Waals surface area contributed by atoms with Crippen molar-refractivity contribution in [1.29, 1.82) is 0 Å². The van der Waals surface area contributed by atoms with Gasteiger partial charge in [-0.25, -0.2) is 0 Å². The van der Waals surface area contributed by atoms with E-state index in [1.165, 1.54) is 22.5 Å². The predicted molar refractivity (Wildman–Crippen MR) is 131 cm³/mol. The second kappa shape index (κ2) is 11.4. The van der Waals surface area contributed by atoms with Gasteiger partial charge < -0.3 is 10.1 Å². The molecule has 3 aromatic rings. The standard InChI is InChI=1S/C27H32N2O2S/c1-31-25-15-6-5-12-22(25)20-28-23-13-7-17-29(27(23)21-10-3-2-4-11-21)18-8-14-24(30)26-16-9-19-32-26/h2-6,9-12,15-16,19,23,27-28H,7-8,13-14,17-18,20H2,1H3/t23-,27-/m1/s1. The Morgan fingerprint density at radius 2 is 1.91 bits per heavy atom. The lowest BCUT2D eigenvalue weighted by Crippen LogP contribution is -2.48. The number of ether oxygens (including phenoxy) is 1. The Hall–Kier alpha value is -2.47. The molecule has 0 aliphatic carbocycles. The maximum Gasteiger partial charge on any atom is 0.172 e. The second-order valence-electron chi connectivity index (χ2n) is 8.34. The zero-order chi connectivity index (χ0) is 22.2. The molecule has 0 radical (unpaired) electrons. The van der Waals surface area contributed by atoms with Crippen LogP contribution in [0.4, 0.5) is 0 Å². The summed E-state index contributed by atoms with van der Waals surface area (Å²) in [6.45, 7) is 2.78. The molecule has 1 N–H and O–H groups in total. The lowest BCUT2D eigenvalue weighted by atomic mass is 9.89. The average Bonchev–Trinajstić information content (AvgIpc) is 3.39. The Morgan fingerprint density at radius 3 is 2.69 bits per heavy atom. The fraction of sp³-hybridized carbons (Fsp3) is 0.370. The number of carbonyl (C=O) groups excluding carboxylic acids is 1. The Bertz CT molecular complexity index is 974. The van der Waals surface area contributed by atoms with Crippen LogP contribution in [0.1, 0.15) is 52.5 Å². The molecule has 1 aliphatic heterocycles. The number of nitrogens with zero attached hydrogens (tertiary/aromatic N) is 1. The summed E-state index contributed by atoms with van der Waals surface area (Å²) < 4.78 is 5.54. The van der Waals surface area contributed by atoms with E-state index in [0.717, 1.165) is 49.5 Å². The van der Waals surface area contributed by atoms with Gasteiger partial charge in [0.05, 0.1) is 18.0 Å². The van der Waals surface area contributed by atoms with Crippen molar-refractivity contribution >= 4 is 17.1 Å². The van der Waals surface area contributed by atoms with Crippen LogP contribution in [0, 0.1) is 0 Å². The maximum atomic E-state index is 12.5. The first kappa shape index (κ1) is 22.7. The smallest absolute Gasteiger partial charge is 0.172 e. The highest BCUT2D eigenvalue weighted by Gasteiger charge is 2.32. The molecule has 2 heterocycles. The van der Waals surface area contributed by atoms with Gasteiger partial charge in [0.1, 0.15) is 5.75 Å². The summed E-state index contributed by atoms with van der Waals surface area (Å²) in [5.41, 5.74) is 2.52. The first-order valence-electron chi connectivity index (χ1n) is 11.5. The third kappa shape index (κ3) is 5.66. The van der Waals surface area contributed by atoms with Gasteiger partial charge in [-0.1, -0.05) is 54.6 Å². The number of nitrogens with one attached hydrogen (secondary N) is 1. The second-order valence-corrected chi connectivity index (χ2v) is 9.28. The van der Waals surface area contributed by atoms with Gasteiger partial charge >= 0.3 is 0 Å². The van der Waals surface area contributed by atoms with Gasteiger partial charge in [-0.15, -0.1) is 11.3 Å². The SMILES string of the molecule is COc1ccccc1CN[C@@H]1CCCN(CCCC(=O)c2cccs2)[C@@H]1c1ccccc1. The van der Waals surface area contributed by atoms with Crippen molar-refractivity contribution in [3.8, 4) is 5.75 Å². The van der Waals surface area contributed by atoms with Gasteiger partial charge in [0.2, 0.25) is 0 Å². The normalized spacial score (nSPS) is 19.0. The summed E-state index contributed by atoms with van der Waals surface area (Å²) in [5.74, 6) is 1.19. The number of likely N-dealkylation sites (tertiary alicyclic amines) is 1. The Kier molecular flexibility index (Phi) is 8.10. The van der Waals surface area contributed by atoms with Crippen molar-refractivity contribution in [3.05, 3.63) is 88.1 Å². The van der Waals surface area contributed by atoms with E-state index in [9.17, 15) is 4.79 Å². The number of carbonyl (C=O) groups is 1. The summed E-state index contributed by atoms with van der Waals surface area (Å²) >= 11 is 1.54. The lowest BCUT2D eigenvalue weighted by Gasteiger charge is -2.42. The molecule has 4 rings (SSSR count). The molecule has 1 aliphatic rings. The Morgan fingerprint density at radius 1 is 1.09 bits per heavy atom. The minimum absolute atomic E-state index is 0.263. The van der Waals surface area contributed by atoms with Crippen molar-refractivity contribution in [2.24, 2.45) is 0 Å². The number of benzene rings is 2. The fourth-order valence-electron chi connectivity index (χ4n) is 4.72. The van der Waals surface area contributed by atoms with Crippen LogP contribution in [0.15, 0.2) is 72.1 Å².